The zero-order chi connectivity index (χ0) is 15.3. The molecule has 3 N–H and O–H groups in total. The summed E-state index contributed by atoms with van der Waals surface area (Å²) >= 11 is 3.42. The second-order valence-electron chi connectivity index (χ2n) is 5.30. The van der Waals surface area contributed by atoms with Crippen molar-refractivity contribution < 1.29 is 14.6 Å². The fourth-order valence-electron chi connectivity index (χ4n) is 1.99. The SMILES string of the molecule is COc1cc([C@H](N)[C@H](O)CCC(C)C)cc(OC)c1Br.Cl. The number of aliphatic hydroxyl groups excluding tert-OH is 1. The Morgan fingerprint density at radius 3 is 2.00 bits per heavy atom. The van der Waals surface area contributed by atoms with E-state index in [1.54, 1.807) is 14.2 Å². The van der Waals surface area contributed by atoms with Gasteiger partial charge in [0.15, 0.2) is 0 Å². The zero-order valence-corrected chi connectivity index (χ0v) is 15.3. The third-order valence-corrected chi connectivity index (χ3v) is 4.09. The molecule has 6 heteroatoms. The predicted molar refractivity (Wildman–Crippen MR) is 91.5 cm³/mol. The van der Waals surface area contributed by atoms with Crippen LogP contribution in [0.4, 0.5) is 0 Å². The normalized spacial score (nSPS) is 13.5. The molecule has 1 aromatic carbocycles. The van der Waals surface area contributed by atoms with E-state index < -0.39 is 12.1 Å². The Hall–Kier alpha value is -0.490. The first-order valence-corrected chi connectivity index (χ1v) is 7.55. The van der Waals surface area contributed by atoms with Crippen LogP contribution in [0.15, 0.2) is 16.6 Å². The molecule has 0 fully saturated rings. The molecule has 4 nitrogen and oxygen atoms in total. The summed E-state index contributed by atoms with van der Waals surface area (Å²) in [5.74, 6) is 1.84. The summed E-state index contributed by atoms with van der Waals surface area (Å²) in [6.07, 6.45) is 1.05. The van der Waals surface area contributed by atoms with Crippen LogP contribution in [0.5, 0.6) is 11.5 Å². The Morgan fingerprint density at radius 1 is 1.14 bits per heavy atom. The second kappa shape index (κ2) is 9.51. The maximum atomic E-state index is 10.2. The molecule has 0 spiro atoms. The molecule has 122 valence electrons. The zero-order valence-electron chi connectivity index (χ0n) is 12.9. The van der Waals surface area contributed by atoms with Crippen LogP contribution < -0.4 is 15.2 Å². The lowest BCUT2D eigenvalue weighted by Crippen LogP contribution is -2.26. The maximum Gasteiger partial charge on any atom is 0.137 e. The standard InChI is InChI=1S/C15H24BrNO3.ClH/c1-9(2)5-6-11(18)15(17)10-7-12(19-3)14(16)13(8-10)20-4;/h7-9,11,15,18H,5-6,17H2,1-4H3;1H/t11-,15+;/m1./s1. The first-order valence-electron chi connectivity index (χ1n) is 6.75. The average molecular weight is 383 g/mol. The quantitative estimate of drug-likeness (QED) is 0.755. The molecule has 0 heterocycles. The summed E-state index contributed by atoms with van der Waals surface area (Å²) in [6, 6.07) is 3.20. The number of halogens is 2. The van der Waals surface area contributed by atoms with Crippen LogP contribution >= 0.6 is 28.3 Å². The van der Waals surface area contributed by atoms with Crippen LogP contribution in [0.25, 0.3) is 0 Å². The van der Waals surface area contributed by atoms with Crippen molar-refractivity contribution in [3.05, 3.63) is 22.2 Å². The van der Waals surface area contributed by atoms with E-state index in [1.807, 2.05) is 12.1 Å². The first-order chi connectivity index (χ1) is 9.40. The van der Waals surface area contributed by atoms with E-state index in [1.165, 1.54) is 0 Å². The molecule has 0 bridgehead atoms. The number of ether oxygens (including phenoxy) is 2. The molecule has 0 aliphatic rings. The number of hydrogen-bond donors (Lipinski definition) is 2. The van der Waals surface area contributed by atoms with Gasteiger partial charge in [0, 0.05) is 0 Å². The van der Waals surface area contributed by atoms with E-state index >= 15 is 0 Å². The van der Waals surface area contributed by atoms with Crippen LogP contribution in [0.2, 0.25) is 0 Å². The smallest absolute Gasteiger partial charge is 0.137 e. The molecule has 0 saturated heterocycles. The van der Waals surface area contributed by atoms with Gasteiger partial charge in [0.05, 0.1) is 26.4 Å². The van der Waals surface area contributed by atoms with Gasteiger partial charge >= 0.3 is 0 Å². The van der Waals surface area contributed by atoms with E-state index in [2.05, 4.69) is 29.8 Å². The number of rotatable bonds is 7. The second-order valence-corrected chi connectivity index (χ2v) is 6.10. The van der Waals surface area contributed by atoms with Gasteiger partial charge in [-0.2, -0.15) is 0 Å². The average Bonchev–Trinajstić information content (AvgIpc) is 2.44. The number of methoxy groups -OCH3 is 2. The highest BCUT2D eigenvalue weighted by atomic mass is 79.9. The summed E-state index contributed by atoms with van der Waals surface area (Å²) < 4.78 is 11.3. The van der Waals surface area contributed by atoms with Gasteiger partial charge in [0.25, 0.3) is 0 Å². The summed E-state index contributed by atoms with van der Waals surface area (Å²) in [6.45, 7) is 4.26. The van der Waals surface area contributed by atoms with Crippen molar-refractivity contribution in [2.24, 2.45) is 11.7 Å². The van der Waals surface area contributed by atoms with Crippen molar-refractivity contribution in [2.75, 3.05) is 14.2 Å². The Labute approximate surface area is 141 Å². The Morgan fingerprint density at radius 2 is 1.62 bits per heavy atom. The van der Waals surface area contributed by atoms with Crippen LogP contribution in [0.3, 0.4) is 0 Å². The lowest BCUT2D eigenvalue weighted by Gasteiger charge is -2.21. The lowest BCUT2D eigenvalue weighted by atomic mass is 9.96. The maximum absolute atomic E-state index is 10.2. The summed E-state index contributed by atoms with van der Waals surface area (Å²) in [7, 11) is 3.17. The van der Waals surface area contributed by atoms with Gasteiger partial charge in [-0.3, -0.25) is 0 Å². The van der Waals surface area contributed by atoms with Gasteiger partial charge in [-0.15, -0.1) is 12.4 Å². The highest BCUT2D eigenvalue weighted by molar-refractivity contribution is 9.10. The van der Waals surface area contributed by atoms with Gasteiger partial charge in [0.2, 0.25) is 0 Å². The predicted octanol–water partition coefficient (Wildman–Crippen LogP) is 3.69. The van der Waals surface area contributed by atoms with Crippen LogP contribution in [-0.2, 0) is 0 Å². The molecule has 21 heavy (non-hydrogen) atoms. The number of hydrogen-bond acceptors (Lipinski definition) is 4. The number of aliphatic hydroxyl groups is 1. The molecule has 1 aromatic rings. The molecular weight excluding hydrogens is 358 g/mol. The monoisotopic (exact) mass is 381 g/mol. The third-order valence-electron chi connectivity index (χ3n) is 3.31. The largest absolute Gasteiger partial charge is 0.495 e. The summed E-state index contributed by atoms with van der Waals surface area (Å²) in [5.41, 5.74) is 6.95. The minimum atomic E-state index is -0.576. The van der Waals surface area contributed by atoms with Crippen molar-refractivity contribution in [3.63, 3.8) is 0 Å². The molecular formula is C15H25BrClNO3. The minimum absolute atomic E-state index is 0. The molecule has 0 unspecified atom stereocenters. The number of nitrogens with two attached hydrogens (primary N) is 1. The van der Waals surface area contributed by atoms with Crippen LogP contribution in [0.1, 0.15) is 38.3 Å². The van der Waals surface area contributed by atoms with Crippen molar-refractivity contribution in [1.29, 1.82) is 0 Å². The molecule has 0 aliphatic carbocycles. The van der Waals surface area contributed by atoms with Crippen molar-refractivity contribution >= 4 is 28.3 Å². The molecule has 0 amide bonds. The molecule has 2 atom stereocenters. The highest BCUT2D eigenvalue weighted by Crippen LogP contribution is 2.37. The van der Waals surface area contributed by atoms with E-state index in [-0.39, 0.29) is 12.4 Å². The third kappa shape index (κ3) is 5.66. The van der Waals surface area contributed by atoms with E-state index in [0.717, 1.165) is 16.5 Å². The van der Waals surface area contributed by atoms with Crippen molar-refractivity contribution in [1.82, 2.24) is 0 Å². The number of benzene rings is 1. The van der Waals surface area contributed by atoms with Gasteiger partial charge in [-0.1, -0.05) is 13.8 Å². The first kappa shape index (κ1) is 20.5. The van der Waals surface area contributed by atoms with Gasteiger partial charge < -0.3 is 20.3 Å². The van der Waals surface area contributed by atoms with Crippen LogP contribution in [-0.4, -0.2) is 25.4 Å². The topological polar surface area (TPSA) is 64.7 Å². The molecule has 0 radical (unpaired) electrons. The Bertz CT molecular complexity index is 418. The Balaban J connectivity index is 0.00000400. The van der Waals surface area contributed by atoms with Crippen molar-refractivity contribution in [3.8, 4) is 11.5 Å². The van der Waals surface area contributed by atoms with Gasteiger partial charge in [-0.05, 0) is 52.4 Å². The Kier molecular flexibility index (Phi) is 9.29. The highest BCUT2D eigenvalue weighted by Gasteiger charge is 2.20. The molecule has 0 aliphatic heterocycles. The summed E-state index contributed by atoms with van der Waals surface area (Å²) in [5, 5.41) is 10.2. The lowest BCUT2D eigenvalue weighted by molar-refractivity contribution is 0.128. The molecule has 1 rings (SSSR count). The van der Waals surface area contributed by atoms with E-state index in [9.17, 15) is 5.11 Å². The van der Waals surface area contributed by atoms with Gasteiger partial charge in [-0.25, -0.2) is 0 Å². The minimum Gasteiger partial charge on any atom is -0.495 e. The fourth-order valence-corrected chi connectivity index (χ4v) is 2.54. The van der Waals surface area contributed by atoms with Gasteiger partial charge in [0.1, 0.15) is 16.0 Å². The summed E-state index contributed by atoms with van der Waals surface area (Å²) in [4.78, 5) is 0. The fraction of sp³-hybridized carbons (Fsp3) is 0.600. The van der Waals surface area contributed by atoms with Crippen LogP contribution in [0, 0.1) is 5.92 Å². The molecule has 0 saturated carbocycles. The van der Waals surface area contributed by atoms with E-state index in [4.69, 9.17) is 15.2 Å². The van der Waals surface area contributed by atoms with E-state index in [0.29, 0.717) is 23.8 Å². The molecule has 0 aromatic heterocycles. The van der Waals surface area contributed by atoms with Crippen molar-refractivity contribution in [2.45, 2.75) is 38.8 Å².